The van der Waals surface area contributed by atoms with Crippen molar-refractivity contribution < 1.29 is 9.53 Å². The fourth-order valence-electron chi connectivity index (χ4n) is 3.25. The van der Waals surface area contributed by atoms with Gasteiger partial charge in [0.25, 0.3) is 0 Å². The highest BCUT2D eigenvalue weighted by Crippen LogP contribution is 2.28. The summed E-state index contributed by atoms with van der Waals surface area (Å²) in [6.45, 7) is 5.22. The molecule has 1 fully saturated rings. The van der Waals surface area contributed by atoms with E-state index in [9.17, 15) is 4.79 Å². The van der Waals surface area contributed by atoms with Crippen LogP contribution >= 0.6 is 11.3 Å². The van der Waals surface area contributed by atoms with Gasteiger partial charge < -0.3 is 9.64 Å². The predicted molar refractivity (Wildman–Crippen MR) is 101 cm³/mol. The summed E-state index contributed by atoms with van der Waals surface area (Å²) in [6, 6.07) is 9.95. The molecule has 1 heterocycles. The first-order chi connectivity index (χ1) is 12.1. The Morgan fingerprint density at radius 1 is 1.28 bits per heavy atom. The standard InChI is InChI=1S/C20H26N2O2S/c1-15(2)22(20(23)16-8-6-7-9-16)12-17-14-25-19(21-17)13-24-18-10-4-3-5-11-18/h3-5,10-11,14-16H,6-9,12-13H2,1-2H3. The first-order valence-corrected chi connectivity index (χ1v) is 9.93. The molecule has 2 aromatic rings. The molecule has 1 saturated carbocycles. The van der Waals surface area contributed by atoms with Crippen LogP contribution in [0.5, 0.6) is 5.75 Å². The lowest BCUT2D eigenvalue weighted by molar-refractivity contribution is -0.137. The molecule has 0 atom stereocenters. The molecule has 1 aromatic heterocycles. The highest BCUT2D eigenvalue weighted by atomic mass is 32.1. The first-order valence-electron chi connectivity index (χ1n) is 9.05. The number of rotatable bonds is 7. The van der Waals surface area contributed by atoms with E-state index in [2.05, 4.69) is 18.8 Å². The number of thiazole rings is 1. The van der Waals surface area contributed by atoms with Crippen molar-refractivity contribution in [3.8, 4) is 5.75 Å². The molecule has 4 nitrogen and oxygen atoms in total. The summed E-state index contributed by atoms with van der Waals surface area (Å²) >= 11 is 1.59. The highest BCUT2D eigenvalue weighted by Gasteiger charge is 2.29. The molecule has 1 aliphatic rings. The topological polar surface area (TPSA) is 42.4 Å². The van der Waals surface area contributed by atoms with Crippen molar-refractivity contribution in [1.29, 1.82) is 0 Å². The lowest BCUT2D eigenvalue weighted by atomic mass is 10.1. The van der Waals surface area contributed by atoms with Crippen LogP contribution in [0.1, 0.15) is 50.2 Å². The van der Waals surface area contributed by atoms with E-state index in [0.717, 1.165) is 29.3 Å². The molecule has 5 heteroatoms. The maximum absolute atomic E-state index is 12.8. The number of para-hydroxylation sites is 1. The highest BCUT2D eigenvalue weighted by molar-refractivity contribution is 7.09. The van der Waals surface area contributed by atoms with Crippen LogP contribution in [0.15, 0.2) is 35.7 Å². The molecule has 3 rings (SSSR count). The third-order valence-corrected chi connectivity index (χ3v) is 5.52. The molecule has 134 valence electrons. The van der Waals surface area contributed by atoms with Crippen molar-refractivity contribution in [3.05, 3.63) is 46.4 Å². The molecular weight excluding hydrogens is 332 g/mol. The minimum atomic E-state index is 0.193. The number of hydrogen-bond acceptors (Lipinski definition) is 4. The van der Waals surface area contributed by atoms with Gasteiger partial charge in [-0.2, -0.15) is 0 Å². The van der Waals surface area contributed by atoms with E-state index in [0.29, 0.717) is 19.1 Å². The van der Waals surface area contributed by atoms with Gasteiger partial charge in [-0.15, -0.1) is 11.3 Å². The number of ether oxygens (including phenoxy) is 1. The molecule has 0 radical (unpaired) electrons. The summed E-state index contributed by atoms with van der Waals surface area (Å²) in [4.78, 5) is 19.4. The fourth-order valence-corrected chi connectivity index (χ4v) is 3.94. The van der Waals surface area contributed by atoms with Crippen molar-refractivity contribution in [2.24, 2.45) is 5.92 Å². The Morgan fingerprint density at radius 2 is 2.00 bits per heavy atom. The first kappa shape index (κ1) is 17.9. The van der Waals surface area contributed by atoms with Crippen molar-refractivity contribution >= 4 is 17.2 Å². The molecule has 0 spiro atoms. The summed E-state index contributed by atoms with van der Waals surface area (Å²) in [5.74, 6) is 1.35. The van der Waals surface area contributed by atoms with Gasteiger partial charge >= 0.3 is 0 Å². The number of nitrogens with zero attached hydrogens (tertiary/aromatic N) is 2. The van der Waals surface area contributed by atoms with Crippen LogP contribution in [0.3, 0.4) is 0 Å². The Labute approximate surface area is 153 Å². The zero-order valence-electron chi connectivity index (χ0n) is 15.0. The quantitative estimate of drug-likeness (QED) is 0.723. The summed E-state index contributed by atoms with van der Waals surface area (Å²) in [6.07, 6.45) is 4.44. The molecule has 0 unspecified atom stereocenters. The van der Waals surface area contributed by atoms with Gasteiger partial charge in [0.15, 0.2) is 0 Å². The van der Waals surface area contributed by atoms with Gasteiger partial charge in [-0.25, -0.2) is 4.98 Å². The van der Waals surface area contributed by atoms with E-state index >= 15 is 0 Å². The average molecular weight is 359 g/mol. The summed E-state index contributed by atoms with van der Waals surface area (Å²) < 4.78 is 5.75. The van der Waals surface area contributed by atoms with Gasteiger partial charge in [0, 0.05) is 17.3 Å². The summed E-state index contributed by atoms with van der Waals surface area (Å²) in [5, 5.41) is 2.98. The van der Waals surface area contributed by atoms with Crippen molar-refractivity contribution in [2.45, 2.75) is 58.7 Å². The lowest BCUT2D eigenvalue weighted by Crippen LogP contribution is -2.39. The third-order valence-electron chi connectivity index (χ3n) is 4.65. The van der Waals surface area contributed by atoms with E-state index in [1.165, 1.54) is 12.8 Å². The Bertz CT molecular complexity index is 678. The molecule has 0 aliphatic heterocycles. The molecule has 1 aliphatic carbocycles. The maximum atomic E-state index is 12.8. The zero-order chi connectivity index (χ0) is 17.6. The number of carbonyl (C=O) groups excluding carboxylic acids is 1. The molecule has 0 N–H and O–H groups in total. The monoisotopic (exact) mass is 358 g/mol. The van der Waals surface area contributed by atoms with Gasteiger partial charge in [-0.05, 0) is 38.8 Å². The Balaban J connectivity index is 1.59. The number of hydrogen-bond donors (Lipinski definition) is 0. The molecule has 1 aromatic carbocycles. The smallest absolute Gasteiger partial charge is 0.226 e. The van der Waals surface area contributed by atoms with Crippen molar-refractivity contribution in [2.75, 3.05) is 0 Å². The van der Waals surface area contributed by atoms with Gasteiger partial charge in [-0.1, -0.05) is 31.0 Å². The number of amides is 1. The van der Waals surface area contributed by atoms with E-state index in [1.54, 1.807) is 11.3 Å². The Kier molecular flexibility index (Phi) is 6.08. The van der Waals surface area contributed by atoms with Crippen LogP contribution in [-0.2, 0) is 17.9 Å². The van der Waals surface area contributed by atoms with Crippen LogP contribution in [0.25, 0.3) is 0 Å². The average Bonchev–Trinajstić information content (AvgIpc) is 3.30. The van der Waals surface area contributed by atoms with E-state index < -0.39 is 0 Å². The number of aromatic nitrogens is 1. The van der Waals surface area contributed by atoms with Gasteiger partial charge in [0.1, 0.15) is 17.4 Å². The maximum Gasteiger partial charge on any atom is 0.226 e. The van der Waals surface area contributed by atoms with Gasteiger partial charge in [0.05, 0.1) is 12.2 Å². The minimum absolute atomic E-state index is 0.193. The van der Waals surface area contributed by atoms with Crippen molar-refractivity contribution in [3.63, 3.8) is 0 Å². The van der Waals surface area contributed by atoms with E-state index in [4.69, 9.17) is 4.74 Å². The Morgan fingerprint density at radius 3 is 2.68 bits per heavy atom. The Hall–Kier alpha value is -1.88. The van der Waals surface area contributed by atoms with Gasteiger partial charge in [0.2, 0.25) is 5.91 Å². The van der Waals surface area contributed by atoms with Crippen LogP contribution in [-0.4, -0.2) is 21.8 Å². The van der Waals surface area contributed by atoms with E-state index in [-0.39, 0.29) is 12.0 Å². The van der Waals surface area contributed by atoms with Crippen LogP contribution < -0.4 is 4.74 Å². The van der Waals surface area contributed by atoms with Crippen LogP contribution in [0.4, 0.5) is 0 Å². The van der Waals surface area contributed by atoms with E-state index in [1.807, 2.05) is 40.6 Å². The number of benzene rings is 1. The second-order valence-electron chi connectivity index (χ2n) is 6.88. The van der Waals surface area contributed by atoms with Crippen LogP contribution in [0, 0.1) is 5.92 Å². The van der Waals surface area contributed by atoms with Crippen LogP contribution in [0.2, 0.25) is 0 Å². The largest absolute Gasteiger partial charge is 0.486 e. The molecule has 25 heavy (non-hydrogen) atoms. The third kappa shape index (κ3) is 4.82. The second kappa shape index (κ2) is 8.48. The summed E-state index contributed by atoms with van der Waals surface area (Å²) in [5.41, 5.74) is 0.955. The van der Waals surface area contributed by atoms with Crippen molar-refractivity contribution in [1.82, 2.24) is 9.88 Å². The molecular formula is C20H26N2O2S. The molecule has 0 bridgehead atoms. The SMILES string of the molecule is CC(C)N(Cc1csc(COc2ccccc2)n1)C(=O)C1CCCC1. The zero-order valence-corrected chi connectivity index (χ0v) is 15.8. The lowest BCUT2D eigenvalue weighted by Gasteiger charge is -2.28. The number of carbonyl (C=O) groups is 1. The summed E-state index contributed by atoms with van der Waals surface area (Å²) in [7, 11) is 0. The second-order valence-corrected chi connectivity index (χ2v) is 7.82. The van der Waals surface area contributed by atoms with Gasteiger partial charge in [-0.3, -0.25) is 4.79 Å². The predicted octanol–water partition coefficient (Wildman–Crippen LogP) is 4.65. The normalized spacial score (nSPS) is 14.8. The minimum Gasteiger partial charge on any atom is -0.486 e. The molecule has 0 saturated heterocycles. The molecule has 1 amide bonds. The fraction of sp³-hybridized carbons (Fsp3) is 0.500.